The zero-order chi connectivity index (χ0) is 22.1. The summed E-state index contributed by atoms with van der Waals surface area (Å²) in [7, 11) is -0.795. The summed E-state index contributed by atoms with van der Waals surface area (Å²) in [5.41, 5.74) is 7.31. The van der Waals surface area contributed by atoms with Crippen LogP contribution in [-0.4, -0.2) is 45.8 Å². The van der Waals surface area contributed by atoms with Gasteiger partial charge < -0.3 is 16.0 Å². The predicted octanol–water partition coefficient (Wildman–Crippen LogP) is 4.07. The second-order valence-corrected chi connectivity index (χ2v) is 10.3. The summed E-state index contributed by atoms with van der Waals surface area (Å²) in [4.78, 5) is 15.3. The van der Waals surface area contributed by atoms with Crippen LogP contribution in [0.5, 0.6) is 0 Å². The Morgan fingerprint density at radius 2 is 1.67 bits per heavy atom. The summed E-state index contributed by atoms with van der Waals surface area (Å²) in [5, 5.41) is 3.20. The maximum absolute atomic E-state index is 13.2. The number of sulfonamides is 1. The van der Waals surface area contributed by atoms with Gasteiger partial charge >= 0.3 is 0 Å². The molecule has 2 aromatic rings. The van der Waals surface area contributed by atoms with E-state index in [0.717, 1.165) is 36.7 Å². The number of benzene rings is 2. The van der Waals surface area contributed by atoms with Gasteiger partial charge in [-0.1, -0.05) is 23.2 Å². The Bertz CT molecular complexity index is 1040. The average Bonchev–Trinajstić information content (AvgIpc) is 2.72. The summed E-state index contributed by atoms with van der Waals surface area (Å²) in [6.07, 6.45) is 3.16. The summed E-state index contributed by atoms with van der Waals surface area (Å²) < 4.78 is 26.3. The number of nitrogens with one attached hydrogen (secondary N) is 1. The van der Waals surface area contributed by atoms with Crippen molar-refractivity contribution in [2.45, 2.75) is 24.2 Å². The van der Waals surface area contributed by atoms with Crippen LogP contribution in [0.4, 0.5) is 17.1 Å². The van der Waals surface area contributed by atoms with E-state index in [9.17, 15) is 13.2 Å². The minimum atomic E-state index is -3.70. The number of halogens is 2. The van der Waals surface area contributed by atoms with Crippen molar-refractivity contribution in [1.29, 1.82) is 0 Å². The first kappa shape index (κ1) is 22.7. The highest BCUT2D eigenvalue weighted by molar-refractivity contribution is 7.89. The molecule has 1 amide bonds. The number of carbonyl (C=O) groups is 1. The molecule has 0 atom stereocenters. The third-order valence-corrected chi connectivity index (χ3v) is 7.46. The average molecular weight is 471 g/mol. The quantitative estimate of drug-likeness (QED) is 0.641. The molecule has 0 aliphatic carbocycles. The van der Waals surface area contributed by atoms with E-state index in [-0.39, 0.29) is 26.2 Å². The van der Waals surface area contributed by atoms with Gasteiger partial charge in [-0.25, -0.2) is 12.7 Å². The highest BCUT2D eigenvalue weighted by Crippen LogP contribution is 2.33. The first-order valence-electron chi connectivity index (χ1n) is 9.48. The third kappa shape index (κ3) is 4.67. The summed E-state index contributed by atoms with van der Waals surface area (Å²) in [6, 6.07) is 7.64. The molecular formula is C20H24Cl2N4O3S. The molecule has 3 N–H and O–H groups in total. The number of rotatable bonds is 5. The molecule has 10 heteroatoms. The molecule has 3 rings (SSSR count). The lowest BCUT2D eigenvalue weighted by Gasteiger charge is -2.30. The lowest BCUT2D eigenvalue weighted by Crippen LogP contribution is -2.32. The number of nitrogens with zero attached hydrogens (tertiary/aromatic N) is 2. The van der Waals surface area contributed by atoms with Gasteiger partial charge in [0.15, 0.2) is 0 Å². The van der Waals surface area contributed by atoms with E-state index < -0.39 is 15.9 Å². The van der Waals surface area contributed by atoms with E-state index in [1.165, 1.54) is 38.4 Å². The molecule has 0 radical (unpaired) electrons. The zero-order valence-electron chi connectivity index (χ0n) is 16.8. The molecule has 1 heterocycles. The minimum absolute atomic E-state index is 0.0479. The number of nitrogen functional groups attached to an aromatic ring is 1. The fraction of sp³-hybridized carbons (Fsp3) is 0.350. The third-order valence-electron chi connectivity index (χ3n) is 5.02. The van der Waals surface area contributed by atoms with Crippen LogP contribution < -0.4 is 16.0 Å². The molecule has 1 saturated heterocycles. The van der Waals surface area contributed by atoms with E-state index in [0.29, 0.717) is 11.4 Å². The van der Waals surface area contributed by atoms with E-state index in [1.54, 1.807) is 6.07 Å². The maximum Gasteiger partial charge on any atom is 0.257 e. The van der Waals surface area contributed by atoms with E-state index >= 15 is 0 Å². The standard InChI is InChI=1S/C20H24Cl2N4O3S/c1-25(2)30(28,29)14-6-7-18(26-8-4-3-5-9-26)15(12-14)20(27)24-13-10-16(21)19(23)17(22)11-13/h6-7,10-12H,3-5,8-9,23H2,1-2H3,(H,24,27). The summed E-state index contributed by atoms with van der Waals surface area (Å²) in [5.74, 6) is -0.455. The van der Waals surface area contributed by atoms with Crippen molar-refractivity contribution >= 4 is 56.2 Å². The highest BCUT2D eigenvalue weighted by atomic mass is 35.5. The van der Waals surface area contributed by atoms with Gasteiger partial charge in [0.1, 0.15) is 0 Å². The molecule has 30 heavy (non-hydrogen) atoms. The zero-order valence-corrected chi connectivity index (χ0v) is 19.1. The first-order chi connectivity index (χ1) is 14.1. The summed E-state index contributed by atoms with van der Waals surface area (Å²) >= 11 is 12.1. The number of anilines is 3. The van der Waals surface area contributed by atoms with Gasteiger partial charge in [0.05, 0.1) is 26.2 Å². The Morgan fingerprint density at radius 3 is 2.23 bits per heavy atom. The van der Waals surface area contributed by atoms with Crippen LogP contribution in [0.25, 0.3) is 0 Å². The Kier molecular flexibility index (Phi) is 6.81. The van der Waals surface area contributed by atoms with E-state index in [4.69, 9.17) is 28.9 Å². The van der Waals surface area contributed by atoms with Gasteiger partial charge in [-0.2, -0.15) is 0 Å². The predicted molar refractivity (Wildman–Crippen MR) is 122 cm³/mol. The second-order valence-electron chi connectivity index (χ2n) is 7.32. The number of nitrogens with two attached hydrogens (primary N) is 1. The minimum Gasteiger partial charge on any atom is -0.396 e. The van der Waals surface area contributed by atoms with Gasteiger partial charge in [0, 0.05) is 38.6 Å². The van der Waals surface area contributed by atoms with Crippen LogP contribution in [0.15, 0.2) is 35.2 Å². The van der Waals surface area contributed by atoms with Gasteiger partial charge in [-0.3, -0.25) is 4.79 Å². The number of amides is 1. The summed E-state index contributed by atoms with van der Waals surface area (Å²) in [6.45, 7) is 1.61. The monoisotopic (exact) mass is 470 g/mol. The Labute approximate surface area is 186 Å². The second kappa shape index (κ2) is 9.01. The SMILES string of the molecule is CN(C)S(=O)(=O)c1ccc(N2CCCCC2)c(C(=O)Nc2cc(Cl)c(N)c(Cl)c2)c1. The Hall–Kier alpha value is -2.00. The lowest BCUT2D eigenvalue weighted by molar-refractivity contribution is 0.102. The molecule has 1 aliphatic heterocycles. The largest absolute Gasteiger partial charge is 0.396 e. The smallest absolute Gasteiger partial charge is 0.257 e. The molecule has 0 spiro atoms. The van der Waals surface area contributed by atoms with Gasteiger partial charge in [0.2, 0.25) is 10.0 Å². The molecule has 0 saturated carbocycles. The molecular weight excluding hydrogens is 447 g/mol. The topological polar surface area (TPSA) is 95.7 Å². The van der Waals surface area contributed by atoms with Crippen LogP contribution in [0.1, 0.15) is 29.6 Å². The van der Waals surface area contributed by atoms with Crippen molar-refractivity contribution in [2.24, 2.45) is 0 Å². The van der Waals surface area contributed by atoms with Gasteiger partial charge in [-0.15, -0.1) is 0 Å². The van der Waals surface area contributed by atoms with Crippen LogP contribution in [0.3, 0.4) is 0 Å². The normalized spacial score (nSPS) is 14.8. The maximum atomic E-state index is 13.2. The van der Waals surface area contributed by atoms with Crippen molar-refractivity contribution in [3.05, 3.63) is 45.9 Å². The first-order valence-corrected chi connectivity index (χ1v) is 11.7. The fourth-order valence-corrected chi connectivity index (χ4v) is 4.75. The van der Waals surface area contributed by atoms with Crippen LogP contribution in [0, 0.1) is 0 Å². The molecule has 7 nitrogen and oxygen atoms in total. The van der Waals surface area contributed by atoms with Crippen molar-refractivity contribution < 1.29 is 13.2 Å². The number of hydrogen-bond donors (Lipinski definition) is 2. The molecule has 0 unspecified atom stereocenters. The molecule has 1 aliphatic rings. The lowest BCUT2D eigenvalue weighted by atomic mass is 10.1. The van der Waals surface area contributed by atoms with Crippen molar-refractivity contribution in [1.82, 2.24) is 4.31 Å². The highest BCUT2D eigenvalue weighted by Gasteiger charge is 2.24. The van der Waals surface area contributed by atoms with Crippen molar-refractivity contribution in [2.75, 3.05) is 43.1 Å². The van der Waals surface area contributed by atoms with E-state index in [1.807, 2.05) is 0 Å². The molecule has 1 fully saturated rings. The Morgan fingerprint density at radius 1 is 1.07 bits per heavy atom. The van der Waals surface area contributed by atoms with Crippen LogP contribution >= 0.6 is 23.2 Å². The van der Waals surface area contributed by atoms with Crippen LogP contribution in [-0.2, 0) is 10.0 Å². The fourth-order valence-electron chi connectivity index (χ4n) is 3.33. The molecule has 0 aromatic heterocycles. The Balaban J connectivity index is 2.03. The van der Waals surface area contributed by atoms with Gasteiger partial charge in [-0.05, 0) is 49.6 Å². The number of piperidine rings is 1. The number of carbonyl (C=O) groups excluding carboxylic acids is 1. The molecule has 0 bridgehead atoms. The van der Waals surface area contributed by atoms with Crippen LogP contribution in [0.2, 0.25) is 10.0 Å². The molecule has 162 valence electrons. The van der Waals surface area contributed by atoms with E-state index in [2.05, 4.69) is 10.2 Å². The van der Waals surface area contributed by atoms with Crippen molar-refractivity contribution in [3.63, 3.8) is 0 Å². The number of hydrogen-bond acceptors (Lipinski definition) is 5. The van der Waals surface area contributed by atoms with Gasteiger partial charge in [0.25, 0.3) is 5.91 Å². The molecule has 2 aromatic carbocycles. The van der Waals surface area contributed by atoms with Crippen molar-refractivity contribution in [3.8, 4) is 0 Å².